The summed E-state index contributed by atoms with van der Waals surface area (Å²) in [6.45, 7) is 3.66. The van der Waals surface area contributed by atoms with Crippen LogP contribution in [0.2, 0.25) is 5.02 Å². The number of hydrogen-bond donors (Lipinski definition) is 0. The lowest BCUT2D eigenvalue weighted by molar-refractivity contribution is 0.0697. The summed E-state index contributed by atoms with van der Waals surface area (Å²) in [5.74, 6) is -0.121. The molecule has 0 aliphatic carbocycles. The molecule has 2 aliphatic heterocycles. The average Bonchev–Trinajstić information content (AvgIpc) is 3.36. The molecule has 0 bridgehead atoms. The van der Waals surface area contributed by atoms with E-state index in [0.29, 0.717) is 23.1 Å². The fraction of sp³-hybridized carbons (Fsp3) is 0.296. The zero-order valence-corrected chi connectivity index (χ0v) is 23.0. The van der Waals surface area contributed by atoms with E-state index in [1.807, 2.05) is 24.3 Å². The van der Waals surface area contributed by atoms with Crippen LogP contribution in [0.5, 0.6) is 0 Å². The maximum Gasteiger partial charge on any atom is 0.282 e. The monoisotopic (exact) mass is 567 g/mol. The van der Waals surface area contributed by atoms with E-state index in [1.165, 1.54) is 21.2 Å². The third-order valence-electron chi connectivity index (χ3n) is 7.09. The van der Waals surface area contributed by atoms with Gasteiger partial charge in [-0.3, -0.25) is 14.7 Å². The van der Waals surface area contributed by atoms with Crippen LogP contribution >= 0.6 is 22.9 Å². The highest BCUT2D eigenvalue weighted by molar-refractivity contribution is 7.89. The molecule has 0 N–H and O–H groups in total. The number of amides is 1. The topological polar surface area (TPSA) is 86.7 Å². The number of benzene rings is 2. The van der Waals surface area contributed by atoms with Crippen LogP contribution in [0, 0.1) is 0 Å². The summed E-state index contributed by atoms with van der Waals surface area (Å²) in [6, 6.07) is 14.5. The summed E-state index contributed by atoms with van der Waals surface area (Å²) in [4.78, 5) is 27.5. The normalized spacial score (nSPS) is 17.0. The molecule has 0 saturated carbocycles. The molecular formula is C27H26ClN5O3S2. The molecule has 0 unspecified atom stereocenters. The van der Waals surface area contributed by atoms with E-state index < -0.39 is 10.0 Å². The van der Waals surface area contributed by atoms with Gasteiger partial charge in [0.05, 0.1) is 10.6 Å². The molecule has 1 fully saturated rings. The van der Waals surface area contributed by atoms with Gasteiger partial charge in [0.2, 0.25) is 10.0 Å². The lowest BCUT2D eigenvalue weighted by atomic mass is 10.1. The molecule has 0 radical (unpaired) electrons. The SMILES string of the molecule is O=C(c1nc2c(s1)CN(Cc1ccncc1)CC2)N1CCN(S(=O)(=O)c2ccc3cc(Cl)ccc3c2)CC1. The number of hydrogen-bond acceptors (Lipinski definition) is 7. The predicted octanol–water partition coefficient (Wildman–Crippen LogP) is 4.05. The van der Waals surface area contributed by atoms with Crippen LogP contribution in [0.1, 0.15) is 25.9 Å². The predicted molar refractivity (Wildman–Crippen MR) is 148 cm³/mol. The van der Waals surface area contributed by atoms with Crippen molar-refractivity contribution in [1.82, 2.24) is 24.1 Å². The first-order valence-corrected chi connectivity index (χ1v) is 15.1. The van der Waals surface area contributed by atoms with E-state index in [1.54, 1.807) is 41.6 Å². The number of thiazole rings is 1. The number of carbonyl (C=O) groups excluding carboxylic acids is 1. The number of rotatable bonds is 5. The number of aromatic nitrogens is 2. The molecule has 6 rings (SSSR count). The van der Waals surface area contributed by atoms with E-state index in [0.717, 1.165) is 47.4 Å². The van der Waals surface area contributed by atoms with Crippen molar-refractivity contribution >= 4 is 49.6 Å². The molecule has 2 aliphatic rings. The summed E-state index contributed by atoms with van der Waals surface area (Å²) in [5, 5.41) is 2.80. The molecule has 2 aromatic carbocycles. The average molecular weight is 568 g/mol. The van der Waals surface area contributed by atoms with Crippen LogP contribution < -0.4 is 0 Å². The Bertz CT molecular complexity index is 1600. The second-order valence-electron chi connectivity index (χ2n) is 9.55. The molecular weight excluding hydrogens is 542 g/mol. The quantitative estimate of drug-likeness (QED) is 0.362. The van der Waals surface area contributed by atoms with Crippen LogP contribution in [0.25, 0.3) is 10.8 Å². The van der Waals surface area contributed by atoms with Gasteiger partial charge in [-0.1, -0.05) is 23.7 Å². The zero-order valence-electron chi connectivity index (χ0n) is 20.6. The Morgan fingerprint density at radius 3 is 2.47 bits per heavy atom. The number of fused-ring (bicyclic) bond motifs is 2. The van der Waals surface area contributed by atoms with E-state index in [2.05, 4.69) is 14.9 Å². The first kappa shape index (κ1) is 25.4. The lowest BCUT2D eigenvalue weighted by Crippen LogP contribution is -2.50. The number of pyridine rings is 1. The van der Waals surface area contributed by atoms with Crippen LogP contribution in [0.3, 0.4) is 0 Å². The van der Waals surface area contributed by atoms with E-state index >= 15 is 0 Å². The maximum atomic E-state index is 13.3. The van der Waals surface area contributed by atoms with Gasteiger partial charge in [-0.25, -0.2) is 13.4 Å². The number of nitrogens with zero attached hydrogens (tertiary/aromatic N) is 5. The van der Waals surface area contributed by atoms with Crippen molar-refractivity contribution in [2.24, 2.45) is 0 Å². The Hall–Kier alpha value is -2.89. The molecule has 0 atom stereocenters. The number of piperazine rings is 1. The molecule has 0 spiro atoms. The summed E-state index contributed by atoms with van der Waals surface area (Å²) >= 11 is 7.51. The Kier molecular flexibility index (Phi) is 6.92. The molecule has 4 heterocycles. The zero-order chi connectivity index (χ0) is 26.3. The summed E-state index contributed by atoms with van der Waals surface area (Å²) < 4.78 is 28.1. The second-order valence-corrected chi connectivity index (χ2v) is 13.0. The minimum absolute atomic E-state index is 0.121. The minimum atomic E-state index is -3.67. The number of carbonyl (C=O) groups is 1. The Morgan fingerprint density at radius 2 is 1.68 bits per heavy atom. The fourth-order valence-electron chi connectivity index (χ4n) is 4.99. The van der Waals surface area contributed by atoms with Gasteiger partial charge < -0.3 is 4.90 Å². The van der Waals surface area contributed by atoms with E-state index in [-0.39, 0.29) is 23.9 Å². The van der Waals surface area contributed by atoms with Gasteiger partial charge in [-0.15, -0.1) is 11.3 Å². The van der Waals surface area contributed by atoms with Gasteiger partial charge in [-0.05, 0) is 52.7 Å². The van der Waals surface area contributed by atoms with Crippen molar-refractivity contribution in [2.75, 3.05) is 32.7 Å². The molecule has 1 saturated heterocycles. The van der Waals surface area contributed by atoms with Gasteiger partial charge >= 0.3 is 0 Å². The molecule has 11 heteroatoms. The molecule has 8 nitrogen and oxygen atoms in total. The van der Waals surface area contributed by atoms with Crippen LogP contribution in [0.4, 0.5) is 0 Å². The fourth-order valence-corrected chi connectivity index (χ4v) is 7.75. The third-order valence-corrected chi connectivity index (χ3v) is 10.3. The summed E-state index contributed by atoms with van der Waals surface area (Å²) in [5.41, 5.74) is 2.22. The van der Waals surface area contributed by atoms with Crippen LogP contribution in [-0.2, 0) is 29.5 Å². The number of halogens is 1. The van der Waals surface area contributed by atoms with Crippen molar-refractivity contribution in [1.29, 1.82) is 0 Å². The smallest absolute Gasteiger partial charge is 0.282 e. The van der Waals surface area contributed by atoms with E-state index in [9.17, 15) is 13.2 Å². The molecule has 1 amide bonds. The second kappa shape index (κ2) is 10.3. The van der Waals surface area contributed by atoms with Crippen molar-refractivity contribution in [3.8, 4) is 0 Å². The van der Waals surface area contributed by atoms with Crippen LogP contribution in [0.15, 0.2) is 65.8 Å². The highest BCUT2D eigenvalue weighted by Gasteiger charge is 2.32. The van der Waals surface area contributed by atoms with Gasteiger partial charge in [0.15, 0.2) is 5.01 Å². The van der Waals surface area contributed by atoms with Crippen molar-refractivity contribution in [3.05, 3.63) is 87.1 Å². The first-order chi connectivity index (χ1) is 18.4. The Balaban J connectivity index is 1.10. The largest absolute Gasteiger partial charge is 0.334 e. The molecule has 2 aromatic heterocycles. The maximum absolute atomic E-state index is 13.3. The summed E-state index contributed by atoms with van der Waals surface area (Å²) in [7, 11) is -3.67. The molecule has 38 heavy (non-hydrogen) atoms. The van der Waals surface area contributed by atoms with Crippen LogP contribution in [-0.4, -0.2) is 71.1 Å². The van der Waals surface area contributed by atoms with Gasteiger partial charge in [-0.2, -0.15) is 4.31 Å². The van der Waals surface area contributed by atoms with E-state index in [4.69, 9.17) is 11.6 Å². The highest BCUT2D eigenvalue weighted by atomic mass is 35.5. The summed E-state index contributed by atoms with van der Waals surface area (Å²) in [6.07, 6.45) is 4.42. The minimum Gasteiger partial charge on any atom is -0.334 e. The first-order valence-electron chi connectivity index (χ1n) is 12.5. The Morgan fingerprint density at radius 1 is 0.947 bits per heavy atom. The molecule has 4 aromatic rings. The van der Waals surface area contributed by atoms with Gasteiger partial charge in [0.1, 0.15) is 0 Å². The Labute approximate surface area is 230 Å². The lowest BCUT2D eigenvalue weighted by Gasteiger charge is -2.33. The third kappa shape index (κ3) is 5.06. The van der Waals surface area contributed by atoms with Crippen molar-refractivity contribution in [2.45, 2.75) is 24.4 Å². The van der Waals surface area contributed by atoms with Gasteiger partial charge in [0.25, 0.3) is 5.91 Å². The standard InChI is InChI=1S/C27H26ClN5O3S2/c28-22-3-1-21-16-23(4-2-20(21)15-22)38(35,36)33-13-11-32(12-14-33)27(34)26-30-24-7-10-31(18-25(24)37-26)17-19-5-8-29-9-6-19/h1-6,8-9,15-16H,7,10-14,17-18H2. The van der Waals surface area contributed by atoms with Crippen molar-refractivity contribution in [3.63, 3.8) is 0 Å². The van der Waals surface area contributed by atoms with Gasteiger partial charge in [0, 0.05) is 74.5 Å². The number of sulfonamides is 1. The highest BCUT2D eigenvalue weighted by Crippen LogP contribution is 2.28. The van der Waals surface area contributed by atoms with Crippen molar-refractivity contribution < 1.29 is 13.2 Å². The molecule has 196 valence electrons.